The number of para-hydroxylation sites is 2. The van der Waals surface area contributed by atoms with Gasteiger partial charge in [-0.3, -0.25) is 0 Å². The molecular weight excluding hydrogens is 445 g/mol. The van der Waals surface area contributed by atoms with Crippen molar-refractivity contribution in [2.75, 3.05) is 0 Å². The van der Waals surface area contributed by atoms with Crippen LogP contribution in [0.1, 0.15) is 0 Å². The van der Waals surface area contributed by atoms with Crippen LogP contribution >= 0.6 is 22.6 Å². The van der Waals surface area contributed by atoms with Crippen molar-refractivity contribution in [3.63, 3.8) is 0 Å². The third-order valence-electron chi connectivity index (χ3n) is 5.76. The number of aromatic nitrogens is 1. The van der Waals surface area contributed by atoms with Gasteiger partial charge in [-0.2, -0.15) is 0 Å². The number of furan rings is 1. The summed E-state index contributed by atoms with van der Waals surface area (Å²) in [5, 5.41) is 7.60. The summed E-state index contributed by atoms with van der Waals surface area (Å²) in [6, 6.07) is 26.1. The lowest BCUT2D eigenvalue weighted by Crippen LogP contribution is -1.79. The van der Waals surface area contributed by atoms with Gasteiger partial charge < -0.3 is 8.82 Å². The minimum Gasteiger partial charge on any atom is -0.456 e. The topological polar surface area (TPSA) is 17.6 Å². The van der Waals surface area contributed by atoms with Crippen LogP contribution in [-0.2, 0) is 0 Å². The van der Waals surface area contributed by atoms with Crippen LogP contribution in [0.15, 0.2) is 77.2 Å². The lowest BCUT2D eigenvalue weighted by molar-refractivity contribution is 0.669. The van der Waals surface area contributed by atoms with E-state index >= 15 is 0 Å². The molecule has 0 aliphatic heterocycles. The first-order chi connectivity index (χ1) is 13.3. The zero-order valence-electron chi connectivity index (χ0n) is 14.2. The molecule has 0 fully saturated rings. The first-order valence-electron chi connectivity index (χ1n) is 8.98. The van der Waals surface area contributed by atoms with E-state index < -0.39 is 0 Å². The summed E-state index contributed by atoms with van der Waals surface area (Å²) in [5.74, 6) is 0. The molecule has 27 heavy (non-hydrogen) atoms. The van der Waals surface area contributed by atoms with E-state index in [2.05, 4.69) is 87.7 Å². The molecule has 0 N–H and O–H groups in total. The summed E-state index contributed by atoms with van der Waals surface area (Å²) >= 11 is 2.43. The lowest BCUT2D eigenvalue weighted by atomic mass is 10.1. The number of rotatable bonds is 0. The van der Waals surface area contributed by atoms with Crippen molar-refractivity contribution in [1.29, 1.82) is 0 Å². The van der Waals surface area contributed by atoms with Gasteiger partial charge in [-0.05, 0) is 52.9 Å². The van der Waals surface area contributed by atoms with Gasteiger partial charge in [0.1, 0.15) is 11.2 Å². The molecule has 0 atom stereocenters. The average molecular weight is 457 g/mol. The second-order valence-corrected chi connectivity index (χ2v) is 8.41. The second-order valence-electron chi connectivity index (χ2n) is 7.17. The molecule has 3 aromatic heterocycles. The Labute approximate surface area is 167 Å². The summed E-state index contributed by atoms with van der Waals surface area (Å²) in [7, 11) is 0. The third-order valence-corrected chi connectivity index (χ3v) is 6.38. The number of halogens is 1. The van der Waals surface area contributed by atoms with Crippen molar-refractivity contribution in [3.8, 4) is 0 Å². The van der Waals surface area contributed by atoms with Crippen LogP contribution in [0.5, 0.6) is 0 Å². The highest BCUT2D eigenvalue weighted by Gasteiger charge is 2.19. The van der Waals surface area contributed by atoms with E-state index in [9.17, 15) is 0 Å². The Morgan fingerprint density at radius 1 is 0.593 bits per heavy atom. The van der Waals surface area contributed by atoms with Crippen LogP contribution in [0.25, 0.3) is 60.0 Å². The molecule has 0 bridgehead atoms. The van der Waals surface area contributed by atoms with Crippen molar-refractivity contribution >= 4 is 82.6 Å². The quantitative estimate of drug-likeness (QED) is 0.218. The van der Waals surface area contributed by atoms with E-state index in [-0.39, 0.29) is 0 Å². The van der Waals surface area contributed by atoms with Gasteiger partial charge in [0.2, 0.25) is 0 Å². The smallest absolute Gasteiger partial charge is 0.137 e. The lowest BCUT2D eigenvalue weighted by Gasteiger charge is -1.98. The summed E-state index contributed by atoms with van der Waals surface area (Å²) < 4.78 is 9.84. The van der Waals surface area contributed by atoms with Crippen LogP contribution in [0.3, 0.4) is 0 Å². The summed E-state index contributed by atoms with van der Waals surface area (Å²) in [4.78, 5) is 0. The van der Waals surface area contributed by atoms with Crippen molar-refractivity contribution < 1.29 is 4.42 Å². The summed E-state index contributed by atoms with van der Waals surface area (Å²) in [6.07, 6.45) is 0. The number of fused-ring (bicyclic) bond motifs is 9. The summed E-state index contributed by atoms with van der Waals surface area (Å²) in [5.41, 5.74) is 5.67. The molecule has 3 heterocycles. The number of hydrogen-bond acceptors (Lipinski definition) is 1. The van der Waals surface area contributed by atoms with Gasteiger partial charge in [0.05, 0.1) is 16.6 Å². The molecule has 0 aliphatic carbocycles. The highest BCUT2D eigenvalue weighted by Crippen LogP contribution is 2.42. The first kappa shape index (κ1) is 14.3. The van der Waals surface area contributed by atoms with Gasteiger partial charge in [-0.25, -0.2) is 0 Å². The maximum Gasteiger partial charge on any atom is 0.137 e. The fourth-order valence-electron chi connectivity index (χ4n) is 4.68. The molecule has 7 aromatic rings. The van der Waals surface area contributed by atoms with Gasteiger partial charge in [-0.1, -0.05) is 36.4 Å². The van der Waals surface area contributed by atoms with Crippen LogP contribution < -0.4 is 0 Å². The van der Waals surface area contributed by atoms with Crippen molar-refractivity contribution in [1.82, 2.24) is 4.40 Å². The Morgan fingerprint density at radius 3 is 2.22 bits per heavy atom. The minimum atomic E-state index is 0.946. The molecule has 0 saturated heterocycles. The third kappa shape index (κ3) is 1.66. The zero-order valence-corrected chi connectivity index (χ0v) is 16.3. The minimum absolute atomic E-state index is 0.946. The molecule has 0 saturated carbocycles. The van der Waals surface area contributed by atoms with Crippen molar-refractivity contribution in [2.24, 2.45) is 0 Å². The van der Waals surface area contributed by atoms with Gasteiger partial charge in [-0.15, -0.1) is 0 Å². The molecule has 4 aromatic carbocycles. The summed E-state index contributed by atoms with van der Waals surface area (Å²) in [6.45, 7) is 0. The number of benzene rings is 4. The zero-order chi connectivity index (χ0) is 17.7. The molecule has 0 spiro atoms. The fraction of sp³-hybridized carbons (Fsp3) is 0. The van der Waals surface area contributed by atoms with Crippen LogP contribution in [0.2, 0.25) is 0 Å². The molecule has 7 rings (SSSR count). The number of nitrogens with zero attached hydrogens (tertiary/aromatic N) is 1. The van der Waals surface area contributed by atoms with E-state index in [1.165, 1.54) is 52.4 Å². The molecule has 3 heteroatoms. The Bertz CT molecular complexity index is 1690. The normalized spacial score (nSPS) is 12.6. The standard InChI is InChI=1S/C24H12INO/c25-13-9-18-14-5-1-3-7-20(14)26-21-12-23-17(11-16(21)19(10-13)24(18)26)15-6-2-4-8-22(15)27-23/h1-12H. The van der Waals surface area contributed by atoms with E-state index in [1.54, 1.807) is 0 Å². The molecule has 126 valence electrons. The van der Waals surface area contributed by atoms with E-state index in [0.717, 1.165) is 11.2 Å². The fourth-order valence-corrected chi connectivity index (χ4v) is 5.30. The Kier molecular flexibility index (Phi) is 2.50. The van der Waals surface area contributed by atoms with Gasteiger partial charge in [0.15, 0.2) is 0 Å². The molecule has 0 radical (unpaired) electrons. The number of hydrogen-bond donors (Lipinski definition) is 0. The highest BCUT2D eigenvalue weighted by atomic mass is 127. The second kappa shape index (κ2) is 4.73. The van der Waals surface area contributed by atoms with Crippen LogP contribution in [0, 0.1) is 3.57 Å². The molecular formula is C24H12INO. The van der Waals surface area contributed by atoms with E-state index in [1.807, 2.05) is 12.1 Å². The highest BCUT2D eigenvalue weighted by molar-refractivity contribution is 14.1. The predicted octanol–water partition coefficient (Wildman–Crippen LogP) is 7.34. The van der Waals surface area contributed by atoms with E-state index in [4.69, 9.17) is 4.42 Å². The van der Waals surface area contributed by atoms with Gasteiger partial charge in [0, 0.05) is 42.0 Å². The SMILES string of the molecule is Ic1cc2c3ccccc3n3c4cc5oc6ccccc6c5cc4c(c1)c23. The van der Waals surface area contributed by atoms with Crippen LogP contribution in [0.4, 0.5) is 0 Å². The largest absolute Gasteiger partial charge is 0.456 e. The molecule has 0 aliphatic rings. The maximum absolute atomic E-state index is 6.17. The van der Waals surface area contributed by atoms with E-state index in [0.29, 0.717) is 0 Å². The molecule has 0 unspecified atom stereocenters. The maximum atomic E-state index is 6.17. The Balaban J connectivity index is 1.84. The first-order valence-corrected chi connectivity index (χ1v) is 10.1. The van der Waals surface area contributed by atoms with Crippen molar-refractivity contribution in [2.45, 2.75) is 0 Å². The van der Waals surface area contributed by atoms with Crippen LogP contribution in [-0.4, -0.2) is 4.40 Å². The molecule has 0 amide bonds. The monoisotopic (exact) mass is 457 g/mol. The van der Waals surface area contributed by atoms with Gasteiger partial charge in [0.25, 0.3) is 0 Å². The average Bonchev–Trinajstić information content (AvgIpc) is 3.31. The Morgan fingerprint density at radius 2 is 1.33 bits per heavy atom. The Hall–Kier alpha value is -2.79. The van der Waals surface area contributed by atoms with Crippen molar-refractivity contribution in [3.05, 3.63) is 76.4 Å². The predicted molar refractivity (Wildman–Crippen MR) is 121 cm³/mol. The van der Waals surface area contributed by atoms with Gasteiger partial charge >= 0.3 is 0 Å². The molecule has 2 nitrogen and oxygen atoms in total.